The Hall–Kier alpha value is -2.29. The van der Waals surface area contributed by atoms with Gasteiger partial charge < -0.3 is 9.47 Å². The lowest BCUT2D eigenvalue weighted by atomic mass is 10.1. The van der Waals surface area contributed by atoms with Crippen LogP contribution in [-0.2, 0) is 4.74 Å². The van der Waals surface area contributed by atoms with E-state index in [1.54, 1.807) is 25.1 Å². The van der Waals surface area contributed by atoms with Gasteiger partial charge in [-0.1, -0.05) is 30.9 Å². The van der Waals surface area contributed by atoms with E-state index in [1.807, 2.05) is 24.3 Å². The smallest absolute Gasteiger partial charge is 0.434 e. The molecule has 3 nitrogen and oxygen atoms in total. The van der Waals surface area contributed by atoms with Crippen LogP contribution in [0.15, 0.2) is 43.0 Å². The number of carbonyl (C=O) groups excluding carboxylic acids is 1. The van der Waals surface area contributed by atoms with E-state index in [0.717, 1.165) is 16.3 Å². The molecule has 2 rings (SSSR count). The van der Waals surface area contributed by atoms with Crippen molar-refractivity contribution in [3.05, 3.63) is 48.5 Å². The molecule has 0 aliphatic carbocycles. The number of hydrogen-bond donors (Lipinski definition) is 0. The highest BCUT2D eigenvalue weighted by molar-refractivity contribution is 5.86. The summed E-state index contributed by atoms with van der Waals surface area (Å²) in [7, 11) is 0. The van der Waals surface area contributed by atoms with E-state index in [2.05, 4.69) is 6.58 Å². The molecule has 2 aromatic carbocycles. The summed E-state index contributed by atoms with van der Waals surface area (Å²) in [6, 6.07) is 11.4. The predicted molar refractivity (Wildman–Crippen MR) is 71.7 cm³/mol. The number of fused-ring (bicyclic) bond motifs is 1. The van der Waals surface area contributed by atoms with Crippen LogP contribution in [0, 0.1) is 0 Å². The van der Waals surface area contributed by atoms with Crippen molar-refractivity contribution in [1.82, 2.24) is 0 Å². The van der Waals surface area contributed by atoms with Crippen molar-refractivity contribution in [3.63, 3.8) is 0 Å². The minimum atomic E-state index is -0.681. The standard InChI is InChI=1S/C15H14O3/c1-3-11-5-6-13-10-14(8-7-12(13)9-11)18-15(16)17-4-2/h3,5-10H,1,4H2,2H3. The van der Waals surface area contributed by atoms with Gasteiger partial charge in [-0.3, -0.25) is 0 Å². The number of benzene rings is 2. The lowest BCUT2D eigenvalue weighted by Crippen LogP contribution is -2.09. The summed E-state index contributed by atoms with van der Waals surface area (Å²) in [4.78, 5) is 11.2. The number of carbonyl (C=O) groups is 1. The van der Waals surface area contributed by atoms with E-state index in [1.165, 1.54) is 0 Å². The third-order valence-corrected chi connectivity index (χ3v) is 2.53. The highest BCUT2D eigenvalue weighted by atomic mass is 16.7. The van der Waals surface area contributed by atoms with Crippen molar-refractivity contribution < 1.29 is 14.3 Å². The molecule has 0 N–H and O–H groups in total. The summed E-state index contributed by atoms with van der Waals surface area (Å²) in [5.41, 5.74) is 1.06. The minimum Gasteiger partial charge on any atom is -0.434 e. The van der Waals surface area contributed by atoms with Gasteiger partial charge in [0.05, 0.1) is 6.61 Å². The van der Waals surface area contributed by atoms with Crippen LogP contribution in [0.4, 0.5) is 4.79 Å². The Morgan fingerprint density at radius 1 is 1.22 bits per heavy atom. The van der Waals surface area contributed by atoms with Crippen LogP contribution in [0.2, 0.25) is 0 Å². The van der Waals surface area contributed by atoms with Gasteiger partial charge in [-0.25, -0.2) is 4.79 Å². The van der Waals surface area contributed by atoms with Crippen molar-refractivity contribution in [2.45, 2.75) is 6.92 Å². The molecule has 0 heterocycles. The van der Waals surface area contributed by atoms with E-state index in [-0.39, 0.29) is 0 Å². The molecular weight excluding hydrogens is 228 g/mol. The lowest BCUT2D eigenvalue weighted by molar-refractivity contribution is 0.104. The zero-order valence-electron chi connectivity index (χ0n) is 10.2. The average Bonchev–Trinajstić information content (AvgIpc) is 2.38. The second kappa shape index (κ2) is 5.36. The maximum absolute atomic E-state index is 11.2. The number of rotatable bonds is 3. The molecule has 92 valence electrons. The molecule has 0 radical (unpaired) electrons. The van der Waals surface area contributed by atoms with Crippen molar-refractivity contribution in [1.29, 1.82) is 0 Å². The zero-order chi connectivity index (χ0) is 13.0. The van der Waals surface area contributed by atoms with Crippen LogP contribution < -0.4 is 4.74 Å². The molecule has 0 bridgehead atoms. The van der Waals surface area contributed by atoms with Gasteiger partial charge in [0.2, 0.25) is 0 Å². The quantitative estimate of drug-likeness (QED) is 0.602. The summed E-state index contributed by atoms with van der Waals surface area (Å²) in [6.45, 7) is 5.76. The Balaban J connectivity index is 2.27. The van der Waals surface area contributed by atoms with Crippen LogP contribution in [-0.4, -0.2) is 12.8 Å². The third kappa shape index (κ3) is 2.69. The Labute approximate surface area is 106 Å². The summed E-state index contributed by atoms with van der Waals surface area (Å²) in [5.74, 6) is 0.479. The highest BCUT2D eigenvalue weighted by Gasteiger charge is 2.05. The summed E-state index contributed by atoms with van der Waals surface area (Å²) < 4.78 is 9.76. The van der Waals surface area contributed by atoms with Crippen molar-refractivity contribution in [2.75, 3.05) is 6.61 Å². The van der Waals surface area contributed by atoms with E-state index in [4.69, 9.17) is 9.47 Å². The molecule has 0 unspecified atom stereocenters. The molecular formula is C15H14O3. The molecule has 0 aromatic heterocycles. The van der Waals surface area contributed by atoms with E-state index >= 15 is 0 Å². The van der Waals surface area contributed by atoms with Crippen molar-refractivity contribution >= 4 is 23.0 Å². The summed E-state index contributed by atoms with van der Waals surface area (Å²) in [6.07, 6.45) is 1.11. The molecule has 0 saturated heterocycles. The van der Waals surface area contributed by atoms with Gasteiger partial charge in [0.15, 0.2) is 0 Å². The molecule has 3 heteroatoms. The molecule has 0 aliphatic heterocycles. The average molecular weight is 242 g/mol. The van der Waals surface area contributed by atoms with Crippen molar-refractivity contribution in [2.24, 2.45) is 0 Å². The maximum atomic E-state index is 11.2. The van der Waals surface area contributed by atoms with Crippen LogP contribution in [0.25, 0.3) is 16.8 Å². The molecule has 0 fully saturated rings. The Morgan fingerprint density at radius 2 is 1.94 bits per heavy atom. The zero-order valence-corrected chi connectivity index (χ0v) is 10.2. The SMILES string of the molecule is C=Cc1ccc2cc(OC(=O)OCC)ccc2c1. The Morgan fingerprint density at radius 3 is 2.67 bits per heavy atom. The van der Waals surface area contributed by atoms with Gasteiger partial charge in [0, 0.05) is 0 Å². The molecule has 0 saturated carbocycles. The van der Waals surface area contributed by atoms with Gasteiger partial charge >= 0.3 is 6.16 Å². The lowest BCUT2D eigenvalue weighted by Gasteiger charge is -2.05. The van der Waals surface area contributed by atoms with E-state index in [0.29, 0.717) is 12.4 Å². The fourth-order valence-electron chi connectivity index (χ4n) is 1.68. The Kier molecular flexibility index (Phi) is 3.63. The van der Waals surface area contributed by atoms with Gasteiger partial charge in [0.1, 0.15) is 5.75 Å². The van der Waals surface area contributed by atoms with Crippen LogP contribution >= 0.6 is 0 Å². The Bertz CT molecular complexity index is 587. The minimum absolute atomic E-state index is 0.301. The first-order chi connectivity index (χ1) is 8.72. The molecule has 0 aliphatic rings. The van der Waals surface area contributed by atoms with Gasteiger partial charge in [-0.2, -0.15) is 0 Å². The number of ether oxygens (including phenoxy) is 2. The fourth-order valence-corrected chi connectivity index (χ4v) is 1.68. The van der Waals surface area contributed by atoms with E-state index in [9.17, 15) is 4.79 Å². The monoisotopic (exact) mass is 242 g/mol. The second-order valence-electron chi connectivity index (χ2n) is 3.76. The molecule has 2 aromatic rings. The topological polar surface area (TPSA) is 35.5 Å². The fraction of sp³-hybridized carbons (Fsp3) is 0.133. The highest BCUT2D eigenvalue weighted by Crippen LogP contribution is 2.22. The molecule has 0 spiro atoms. The third-order valence-electron chi connectivity index (χ3n) is 2.53. The van der Waals surface area contributed by atoms with Crippen LogP contribution in [0.3, 0.4) is 0 Å². The largest absolute Gasteiger partial charge is 0.513 e. The molecule has 0 atom stereocenters. The number of hydrogen-bond acceptors (Lipinski definition) is 3. The van der Waals surface area contributed by atoms with Gasteiger partial charge in [-0.15, -0.1) is 0 Å². The van der Waals surface area contributed by atoms with Crippen molar-refractivity contribution in [3.8, 4) is 5.75 Å². The first-order valence-corrected chi connectivity index (χ1v) is 5.74. The molecule has 0 amide bonds. The van der Waals surface area contributed by atoms with Gasteiger partial charge in [-0.05, 0) is 41.5 Å². The van der Waals surface area contributed by atoms with Crippen LogP contribution in [0.1, 0.15) is 12.5 Å². The summed E-state index contributed by atoms with van der Waals surface area (Å²) in [5, 5.41) is 2.08. The predicted octanol–water partition coefficient (Wildman–Crippen LogP) is 4.02. The summed E-state index contributed by atoms with van der Waals surface area (Å²) >= 11 is 0. The first-order valence-electron chi connectivity index (χ1n) is 5.74. The maximum Gasteiger partial charge on any atom is 0.513 e. The first kappa shape index (κ1) is 12.2. The van der Waals surface area contributed by atoms with E-state index < -0.39 is 6.16 Å². The van der Waals surface area contributed by atoms with Crippen LogP contribution in [0.5, 0.6) is 5.75 Å². The second-order valence-corrected chi connectivity index (χ2v) is 3.76. The normalized spacial score (nSPS) is 10.1. The van der Waals surface area contributed by atoms with Gasteiger partial charge in [0.25, 0.3) is 0 Å². The molecule has 18 heavy (non-hydrogen) atoms.